The zero-order valence-electron chi connectivity index (χ0n) is 22.1. The molecule has 32 heavy (non-hydrogen) atoms. The number of carboxylic acids is 1. The molecule has 0 aliphatic rings. The van der Waals surface area contributed by atoms with Crippen LogP contribution in [0.2, 0.25) is 0 Å². The average Bonchev–Trinajstić information content (AvgIpc) is 2.76. The minimum atomic E-state index is -0.697. The van der Waals surface area contributed by atoms with Crippen LogP contribution in [0.25, 0.3) is 0 Å². The lowest BCUT2D eigenvalue weighted by Gasteiger charge is -2.19. The summed E-state index contributed by atoms with van der Waals surface area (Å²) in [6.45, 7) is 2.29. The minimum absolute atomic E-state index is 0.329. The van der Waals surface area contributed by atoms with Crippen LogP contribution in [0.4, 0.5) is 0 Å². The molecule has 0 saturated heterocycles. The molecule has 1 atom stereocenters. The summed E-state index contributed by atoms with van der Waals surface area (Å²) in [5.74, 6) is -0.697. The van der Waals surface area contributed by atoms with E-state index in [1.165, 1.54) is 122 Å². The van der Waals surface area contributed by atoms with Crippen LogP contribution in [0, 0.1) is 0 Å². The second-order valence-corrected chi connectivity index (χ2v) is 10.0. The van der Waals surface area contributed by atoms with Gasteiger partial charge >= 0.3 is 5.97 Å². The Morgan fingerprint density at radius 3 is 1.31 bits per heavy atom. The molecule has 0 aliphatic heterocycles. The highest BCUT2D eigenvalue weighted by Crippen LogP contribution is 2.14. The number of allylic oxidation sites excluding steroid dienone is 2. The van der Waals surface area contributed by atoms with Crippen molar-refractivity contribution in [3.63, 3.8) is 0 Å². The fraction of sp³-hybridized carbons (Fsp3) is 0.897. The van der Waals surface area contributed by atoms with Gasteiger partial charge in [-0.15, -0.1) is 0 Å². The van der Waals surface area contributed by atoms with E-state index in [0.29, 0.717) is 0 Å². The molecule has 1 N–H and O–H groups in total. The summed E-state index contributed by atoms with van der Waals surface area (Å²) in [5.41, 5.74) is 0. The van der Waals surface area contributed by atoms with Gasteiger partial charge in [-0.25, -0.2) is 0 Å². The molecular formula is C29H57NO2. The molecular weight excluding hydrogens is 394 g/mol. The number of nitrogens with zero attached hydrogens (tertiary/aromatic N) is 1. The van der Waals surface area contributed by atoms with Crippen LogP contribution in [-0.2, 0) is 4.79 Å². The van der Waals surface area contributed by atoms with Crippen LogP contribution in [0.15, 0.2) is 12.2 Å². The van der Waals surface area contributed by atoms with Crippen LogP contribution in [0.1, 0.15) is 148 Å². The molecule has 1 unspecified atom stereocenters. The molecule has 3 nitrogen and oxygen atoms in total. The fourth-order valence-electron chi connectivity index (χ4n) is 4.43. The average molecular weight is 452 g/mol. The predicted molar refractivity (Wildman–Crippen MR) is 141 cm³/mol. The number of likely N-dealkylation sites (N-methyl/N-ethyl adjacent to an activating group) is 1. The van der Waals surface area contributed by atoms with E-state index in [2.05, 4.69) is 19.1 Å². The molecule has 0 aromatic carbocycles. The van der Waals surface area contributed by atoms with Gasteiger partial charge in [-0.05, 0) is 46.2 Å². The highest BCUT2D eigenvalue weighted by atomic mass is 16.4. The first kappa shape index (κ1) is 31.2. The van der Waals surface area contributed by atoms with E-state index in [1.807, 2.05) is 19.0 Å². The van der Waals surface area contributed by atoms with E-state index in [-0.39, 0.29) is 6.04 Å². The summed E-state index contributed by atoms with van der Waals surface area (Å²) in [6.07, 6.45) is 33.9. The Balaban J connectivity index is 3.23. The Kier molecular flexibility index (Phi) is 24.2. The van der Waals surface area contributed by atoms with Crippen molar-refractivity contribution in [2.75, 3.05) is 14.1 Å². The number of hydrogen-bond acceptors (Lipinski definition) is 2. The largest absolute Gasteiger partial charge is 0.480 e. The highest BCUT2D eigenvalue weighted by Gasteiger charge is 2.18. The first-order valence-corrected chi connectivity index (χ1v) is 14.1. The Bertz CT molecular complexity index is 419. The van der Waals surface area contributed by atoms with Gasteiger partial charge in [0.15, 0.2) is 0 Å². The van der Waals surface area contributed by atoms with Crippen molar-refractivity contribution in [3.05, 3.63) is 12.2 Å². The predicted octanol–water partition coefficient (Wildman–Crippen LogP) is 9.16. The van der Waals surface area contributed by atoms with E-state index >= 15 is 0 Å². The van der Waals surface area contributed by atoms with Crippen molar-refractivity contribution in [1.29, 1.82) is 0 Å². The third-order valence-corrected chi connectivity index (χ3v) is 6.65. The molecule has 0 heterocycles. The van der Waals surface area contributed by atoms with Gasteiger partial charge in [0, 0.05) is 0 Å². The molecule has 0 radical (unpaired) electrons. The molecule has 0 spiro atoms. The third kappa shape index (κ3) is 22.4. The van der Waals surface area contributed by atoms with Crippen molar-refractivity contribution < 1.29 is 9.90 Å². The maximum absolute atomic E-state index is 11.1. The number of unbranched alkanes of at least 4 members (excludes halogenated alkanes) is 19. The zero-order chi connectivity index (χ0) is 23.7. The van der Waals surface area contributed by atoms with Crippen LogP contribution >= 0.6 is 0 Å². The second kappa shape index (κ2) is 24.8. The quantitative estimate of drug-likeness (QED) is 0.111. The molecule has 0 bridgehead atoms. The van der Waals surface area contributed by atoms with Crippen molar-refractivity contribution >= 4 is 5.97 Å². The number of carbonyl (C=O) groups is 1. The van der Waals surface area contributed by atoms with Gasteiger partial charge in [0.1, 0.15) is 6.04 Å². The summed E-state index contributed by atoms with van der Waals surface area (Å²) in [6, 6.07) is -0.329. The number of hydrogen-bond donors (Lipinski definition) is 1. The van der Waals surface area contributed by atoms with Crippen LogP contribution in [-0.4, -0.2) is 36.1 Å². The third-order valence-electron chi connectivity index (χ3n) is 6.65. The maximum Gasteiger partial charge on any atom is 0.320 e. The molecule has 0 fully saturated rings. The lowest BCUT2D eigenvalue weighted by atomic mass is 10.0. The van der Waals surface area contributed by atoms with Crippen molar-refractivity contribution in [1.82, 2.24) is 4.90 Å². The van der Waals surface area contributed by atoms with Gasteiger partial charge in [-0.2, -0.15) is 0 Å². The molecule has 3 heteroatoms. The van der Waals surface area contributed by atoms with E-state index in [0.717, 1.165) is 19.3 Å². The maximum atomic E-state index is 11.1. The van der Waals surface area contributed by atoms with Crippen LogP contribution < -0.4 is 0 Å². The Morgan fingerprint density at radius 1 is 0.625 bits per heavy atom. The van der Waals surface area contributed by atoms with Gasteiger partial charge in [0.2, 0.25) is 0 Å². The van der Waals surface area contributed by atoms with E-state index in [9.17, 15) is 9.90 Å². The summed E-state index contributed by atoms with van der Waals surface area (Å²) in [7, 11) is 3.70. The summed E-state index contributed by atoms with van der Waals surface area (Å²) in [5, 5.41) is 9.17. The van der Waals surface area contributed by atoms with Gasteiger partial charge in [-0.1, -0.05) is 128 Å². The van der Waals surface area contributed by atoms with Crippen molar-refractivity contribution in [3.8, 4) is 0 Å². The highest BCUT2D eigenvalue weighted by molar-refractivity contribution is 5.73. The number of carboxylic acid groups (broad SMARTS) is 1. The van der Waals surface area contributed by atoms with Crippen molar-refractivity contribution in [2.24, 2.45) is 0 Å². The SMILES string of the molecule is CCCCCCCCCCCCCCCCCC=CCCCCCCC(C(=O)O)N(C)C. The molecule has 0 aromatic rings. The van der Waals surface area contributed by atoms with E-state index in [1.54, 1.807) is 0 Å². The van der Waals surface area contributed by atoms with Crippen LogP contribution in [0.5, 0.6) is 0 Å². The minimum Gasteiger partial charge on any atom is -0.480 e. The van der Waals surface area contributed by atoms with Crippen LogP contribution in [0.3, 0.4) is 0 Å². The zero-order valence-corrected chi connectivity index (χ0v) is 22.1. The summed E-state index contributed by atoms with van der Waals surface area (Å²) in [4.78, 5) is 13.0. The van der Waals surface area contributed by atoms with Gasteiger partial charge in [0.25, 0.3) is 0 Å². The van der Waals surface area contributed by atoms with Gasteiger partial charge < -0.3 is 5.11 Å². The van der Waals surface area contributed by atoms with Gasteiger partial charge in [-0.3, -0.25) is 9.69 Å². The van der Waals surface area contributed by atoms with E-state index in [4.69, 9.17) is 0 Å². The molecule has 0 amide bonds. The lowest BCUT2D eigenvalue weighted by Crippen LogP contribution is -2.35. The molecule has 0 aromatic heterocycles. The number of aliphatic carboxylic acids is 1. The second-order valence-electron chi connectivity index (χ2n) is 10.0. The summed E-state index contributed by atoms with van der Waals surface area (Å²) >= 11 is 0. The monoisotopic (exact) mass is 451 g/mol. The number of rotatable bonds is 25. The normalized spacial score (nSPS) is 12.8. The first-order chi connectivity index (χ1) is 15.6. The molecule has 0 saturated carbocycles. The first-order valence-electron chi connectivity index (χ1n) is 14.1. The Morgan fingerprint density at radius 2 is 0.969 bits per heavy atom. The topological polar surface area (TPSA) is 40.5 Å². The van der Waals surface area contributed by atoms with Crippen molar-refractivity contribution in [2.45, 2.75) is 154 Å². The summed E-state index contributed by atoms with van der Waals surface area (Å²) < 4.78 is 0. The fourth-order valence-corrected chi connectivity index (χ4v) is 4.43. The van der Waals surface area contributed by atoms with Gasteiger partial charge in [0.05, 0.1) is 0 Å². The van der Waals surface area contributed by atoms with E-state index < -0.39 is 5.97 Å². The lowest BCUT2D eigenvalue weighted by molar-refractivity contribution is -0.142. The Labute approximate surface area is 201 Å². The Hall–Kier alpha value is -0.830. The standard InChI is InChI=1S/C29H57NO2/c1-4-5-6-7-8-9-10-11-12-13-14-15-16-17-18-19-20-21-22-23-24-25-26-27-28(29(31)32)30(2)3/h20-21,28H,4-19,22-27H2,1-3H3,(H,31,32). The molecule has 0 rings (SSSR count). The smallest absolute Gasteiger partial charge is 0.320 e. The molecule has 190 valence electrons. The molecule has 0 aliphatic carbocycles.